The minimum absolute atomic E-state index is 0.111. The Kier molecular flexibility index (Phi) is 12.7. The van der Waals surface area contributed by atoms with Crippen molar-refractivity contribution in [2.45, 2.75) is 78.4 Å². The molecule has 0 fully saturated rings. The fraction of sp³-hybridized carbons (Fsp3) is 0.389. The van der Waals surface area contributed by atoms with Gasteiger partial charge >= 0.3 is 11.9 Å². The number of fused-ring (bicyclic) bond motifs is 1. The van der Waals surface area contributed by atoms with Crippen LogP contribution >= 0.6 is 0 Å². The lowest BCUT2D eigenvalue weighted by Crippen LogP contribution is -2.35. The van der Waals surface area contributed by atoms with Gasteiger partial charge in [-0.2, -0.15) is 0 Å². The minimum atomic E-state index is -1.26. The van der Waals surface area contributed by atoms with E-state index in [2.05, 4.69) is 127 Å². The molecule has 0 heterocycles. The first-order valence-electron chi connectivity index (χ1n) is 14.5. The van der Waals surface area contributed by atoms with E-state index in [-0.39, 0.29) is 17.4 Å². The van der Waals surface area contributed by atoms with Crippen molar-refractivity contribution >= 4 is 34.9 Å². The highest BCUT2D eigenvalue weighted by Crippen LogP contribution is 2.41. The van der Waals surface area contributed by atoms with E-state index in [0.717, 1.165) is 22.4 Å². The predicted octanol–water partition coefficient (Wildman–Crippen LogP) is 7.05. The number of aliphatic carboxylic acids is 2. The van der Waals surface area contributed by atoms with Gasteiger partial charge in [-0.05, 0) is 44.9 Å². The third-order valence-corrected chi connectivity index (χ3v) is 6.56. The lowest BCUT2D eigenvalue weighted by Gasteiger charge is -2.31. The number of ether oxygens (including phenoxy) is 1. The average Bonchev–Trinajstić information content (AvgIpc) is 2.91. The highest BCUT2D eigenvalue weighted by atomic mass is 16.5. The monoisotopic (exact) mass is 589 g/mol. The summed E-state index contributed by atoms with van der Waals surface area (Å²) in [5.41, 5.74) is 4.46. The van der Waals surface area contributed by atoms with E-state index in [1.165, 1.54) is 16.3 Å². The maximum absolute atomic E-state index is 10.5. The molecule has 3 aromatic rings. The summed E-state index contributed by atoms with van der Waals surface area (Å²) in [7, 11) is 0. The number of aliphatic hydroxyl groups is 1. The van der Waals surface area contributed by atoms with E-state index >= 15 is 0 Å². The van der Waals surface area contributed by atoms with Gasteiger partial charge < -0.3 is 25.4 Å². The Bertz CT molecular complexity index is 1380. The van der Waals surface area contributed by atoms with E-state index in [1.54, 1.807) is 0 Å². The number of hydrogen-bond donors (Lipinski definition) is 4. The first-order valence-corrected chi connectivity index (χ1v) is 14.5. The molecule has 0 aliphatic rings. The highest BCUT2D eigenvalue weighted by Gasteiger charge is 2.28. The third-order valence-electron chi connectivity index (χ3n) is 6.56. The molecule has 0 amide bonds. The molecule has 43 heavy (non-hydrogen) atoms. The lowest BCUT2D eigenvalue weighted by atomic mass is 9.78. The molecular weight excluding hydrogens is 542 g/mol. The molecule has 0 spiro atoms. The van der Waals surface area contributed by atoms with Crippen molar-refractivity contribution in [2.75, 3.05) is 13.2 Å². The van der Waals surface area contributed by atoms with E-state index in [4.69, 9.17) is 14.9 Å². The molecule has 3 aromatic carbocycles. The van der Waals surface area contributed by atoms with Crippen molar-refractivity contribution < 1.29 is 29.6 Å². The summed E-state index contributed by atoms with van der Waals surface area (Å²) in [5, 5.41) is 31.9. The highest BCUT2D eigenvalue weighted by molar-refractivity contribution is 5.93. The molecule has 4 N–H and O–H groups in total. The quantitative estimate of drug-likeness (QED) is 0.148. The van der Waals surface area contributed by atoms with Crippen molar-refractivity contribution in [3.05, 3.63) is 89.0 Å². The molecule has 3 rings (SSSR count). The van der Waals surface area contributed by atoms with Crippen LogP contribution in [0, 0.1) is 0 Å². The molecule has 1 atom stereocenters. The fourth-order valence-electron chi connectivity index (χ4n) is 4.35. The summed E-state index contributed by atoms with van der Waals surface area (Å²) in [5.74, 6) is -1.62. The Morgan fingerprint density at radius 2 is 1.37 bits per heavy atom. The molecule has 232 valence electrons. The fourth-order valence-corrected chi connectivity index (χ4v) is 4.35. The van der Waals surface area contributed by atoms with E-state index in [1.807, 2.05) is 0 Å². The SMILES string of the molecule is CC(C)NCC(O)COc1c(C(C)(C)C)cc(/C=C/c2cccc3ccccc23)cc1C(C)(C)C.O=C(O)/C=C\C(=O)O. The van der Waals surface area contributed by atoms with E-state index < -0.39 is 18.0 Å². The van der Waals surface area contributed by atoms with Gasteiger partial charge in [0.05, 0.1) is 0 Å². The number of carboxylic acids is 2. The van der Waals surface area contributed by atoms with E-state index in [9.17, 15) is 14.7 Å². The number of nitrogens with one attached hydrogen (secondary N) is 1. The summed E-state index contributed by atoms with van der Waals surface area (Å²) >= 11 is 0. The van der Waals surface area contributed by atoms with Crippen LogP contribution in [0.25, 0.3) is 22.9 Å². The van der Waals surface area contributed by atoms with Crippen LogP contribution in [0.15, 0.2) is 66.7 Å². The molecule has 0 saturated heterocycles. The van der Waals surface area contributed by atoms with E-state index in [0.29, 0.717) is 24.7 Å². The maximum atomic E-state index is 10.5. The van der Waals surface area contributed by atoms with Crippen molar-refractivity contribution in [3.63, 3.8) is 0 Å². The Labute approximate surface area is 255 Å². The summed E-state index contributed by atoms with van der Waals surface area (Å²) < 4.78 is 6.38. The Morgan fingerprint density at radius 3 is 1.88 bits per heavy atom. The number of carbonyl (C=O) groups is 2. The predicted molar refractivity (Wildman–Crippen MR) is 176 cm³/mol. The molecule has 0 saturated carbocycles. The molecule has 7 heteroatoms. The molecule has 1 unspecified atom stereocenters. The zero-order valence-corrected chi connectivity index (χ0v) is 26.6. The van der Waals surface area contributed by atoms with Gasteiger partial charge in [0, 0.05) is 35.9 Å². The van der Waals surface area contributed by atoms with Gasteiger partial charge in [-0.1, -0.05) is 110 Å². The second kappa shape index (κ2) is 15.5. The van der Waals surface area contributed by atoms with Crippen LogP contribution in [0.4, 0.5) is 0 Å². The standard InChI is InChI=1S/C32H43NO2.C4H4O4/c1-22(2)33-20-26(34)21-35-30-28(31(3,4)5)18-23(19-29(30)32(6,7)8)16-17-25-14-11-13-24-12-9-10-15-27(24)25;5-3(6)1-2-4(7)8/h9-19,22,26,33-34H,20-21H2,1-8H3;1-2H,(H,5,6)(H,7,8)/b17-16+;2-1-. The summed E-state index contributed by atoms with van der Waals surface area (Å²) in [6.45, 7) is 18.2. The van der Waals surface area contributed by atoms with Crippen molar-refractivity contribution in [3.8, 4) is 5.75 Å². The van der Waals surface area contributed by atoms with Gasteiger partial charge in [-0.3, -0.25) is 0 Å². The normalized spacial score (nSPS) is 12.9. The van der Waals surface area contributed by atoms with Gasteiger partial charge in [0.2, 0.25) is 0 Å². The Balaban J connectivity index is 0.000000708. The van der Waals surface area contributed by atoms with Gasteiger partial charge in [0.15, 0.2) is 0 Å². The summed E-state index contributed by atoms with van der Waals surface area (Å²) in [4.78, 5) is 19.1. The molecule has 0 aliphatic heterocycles. The average molecular weight is 590 g/mol. The van der Waals surface area contributed by atoms with Crippen molar-refractivity contribution in [1.29, 1.82) is 0 Å². The topological polar surface area (TPSA) is 116 Å². The smallest absolute Gasteiger partial charge is 0.328 e. The molecule has 0 radical (unpaired) electrons. The van der Waals surface area contributed by atoms with Crippen molar-refractivity contribution in [2.24, 2.45) is 0 Å². The van der Waals surface area contributed by atoms with Gasteiger partial charge in [-0.25, -0.2) is 9.59 Å². The van der Waals surface area contributed by atoms with Crippen LogP contribution < -0.4 is 10.1 Å². The molecule has 7 nitrogen and oxygen atoms in total. The van der Waals surface area contributed by atoms with Gasteiger partial charge in [-0.15, -0.1) is 0 Å². The lowest BCUT2D eigenvalue weighted by molar-refractivity contribution is -0.134. The van der Waals surface area contributed by atoms with Crippen LogP contribution in [-0.2, 0) is 20.4 Å². The second-order valence-electron chi connectivity index (χ2n) is 12.9. The maximum Gasteiger partial charge on any atom is 0.328 e. The molecule has 0 aliphatic carbocycles. The van der Waals surface area contributed by atoms with Gasteiger partial charge in [0.25, 0.3) is 0 Å². The second-order valence-corrected chi connectivity index (χ2v) is 12.9. The Hall–Kier alpha value is -3.94. The number of hydrogen-bond acceptors (Lipinski definition) is 5. The van der Waals surface area contributed by atoms with Crippen LogP contribution in [0.1, 0.15) is 77.6 Å². The molecule has 0 aromatic heterocycles. The molecule has 0 bridgehead atoms. The zero-order valence-electron chi connectivity index (χ0n) is 26.6. The van der Waals surface area contributed by atoms with Crippen molar-refractivity contribution in [1.82, 2.24) is 5.32 Å². The van der Waals surface area contributed by atoms with Crippen LogP contribution in [0.3, 0.4) is 0 Å². The first-order chi connectivity index (χ1) is 20.0. The minimum Gasteiger partial charge on any atom is -0.490 e. The number of rotatable bonds is 10. The molecular formula is C36H47NO6. The van der Waals surface area contributed by atoms with Crippen LogP contribution in [0.2, 0.25) is 0 Å². The summed E-state index contributed by atoms with van der Waals surface area (Å²) in [6, 6.07) is 19.7. The largest absolute Gasteiger partial charge is 0.490 e. The Morgan fingerprint density at radius 1 is 0.837 bits per heavy atom. The summed E-state index contributed by atoms with van der Waals surface area (Å²) in [6.07, 6.45) is 4.96. The first kappa shape index (κ1) is 35.3. The number of aliphatic hydroxyl groups excluding tert-OH is 1. The van der Waals surface area contributed by atoms with Crippen LogP contribution in [0.5, 0.6) is 5.75 Å². The third kappa shape index (κ3) is 11.7. The van der Waals surface area contributed by atoms with Crippen LogP contribution in [-0.4, -0.2) is 52.6 Å². The zero-order chi connectivity index (χ0) is 32.4. The van der Waals surface area contributed by atoms with Gasteiger partial charge in [0.1, 0.15) is 18.5 Å². The number of carboxylic acid groups (broad SMARTS) is 2. The number of benzene rings is 3.